The summed E-state index contributed by atoms with van der Waals surface area (Å²) in [5.74, 6) is -2.32. The van der Waals surface area contributed by atoms with E-state index in [2.05, 4.69) is 15.9 Å². The van der Waals surface area contributed by atoms with E-state index in [0.717, 1.165) is 0 Å². The monoisotopic (exact) mass is 347 g/mol. The number of hydrogen-bond donors (Lipinski definition) is 0. The maximum absolute atomic E-state index is 14.0. The Bertz CT molecular complexity index is 724. The van der Waals surface area contributed by atoms with Gasteiger partial charge >= 0.3 is 0 Å². The van der Waals surface area contributed by atoms with E-state index in [1.807, 2.05) is 6.07 Å². The molecule has 0 N–H and O–H groups in total. The van der Waals surface area contributed by atoms with Gasteiger partial charge in [-0.15, -0.1) is 0 Å². The Morgan fingerprint density at radius 2 is 2.00 bits per heavy atom. The molecule has 1 unspecified atom stereocenters. The average molecular weight is 348 g/mol. The van der Waals surface area contributed by atoms with Crippen molar-refractivity contribution in [2.24, 2.45) is 0 Å². The third-order valence-electron chi connectivity index (χ3n) is 3.05. The average Bonchev–Trinajstić information content (AvgIpc) is 2.49. The number of nitrogens with zero attached hydrogens (tertiary/aromatic N) is 1. The molecule has 5 heteroatoms. The number of nitriles is 1. The van der Waals surface area contributed by atoms with E-state index in [1.54, 1.807) is 24.3 Å². The van der Waals surface area contributed by atoms with Crippen LogP contribution in [-0.2, 0) is 0 Å². The summed E-state index contributed by atoms with van der Waals surface area (Å²) in [7, 11) is 1.35. The molecule has 0 saturated heterocycles. The molecule has 1 atom stereocenters. The molecule has 2 aromatic rings. The minimum Gasteiger partial charge on any atom is -0.496 e. The van der Waals surface area contributed by atoms with Crippen molar-refractivity contribution >= 4 is 21.7 Å². The molecule has 0 radical (unpaired) electrons. The lowest BCUT2D eigenvalue weighted by Gasteiger charge is -2.13. The summed E-state index contributed by atoms with van der Waals surface area (Å²) in [6.07, 6.45) is 0. The lowest BCUT2D eigenvalue weighted by molar-refractivity contribution is 0.0971. The summed E-state index contributed by atoms with van der Waals surface area (Å²) in [4.78, 5) is 12.6. The van der Waals surface area contributed by atoms with Gasteiger partial charge < -0.3 is 4.74 Å². The topological polar surface area (TPSA) is 50.1 Å². The number of Topliss-reactive ketones (excluding diaryl/α,β-unsaturated/α-hetero) is 1. The molecule has 0 amide bonds. The van der Waals surface area contributed by atoms with Crippen LogP contribution in [0.2, 0.25) is 0 Å². The highest BCUT2D eigenvalue weighted by Crippen LogP contribution is 2.31. The number of ether oxygens (including phenoxy) is 1. The molecule has 0 saturated carbocycles. The second-order valence-corrected chi connectivity index (χ2v) is 5.12. The molecule has 2 aromatic carbocycles. The quantitative estimate of drug-likeness (QED) is 0.782. The highest BCUT2D eigenvalue weighted by molar-refractivity contribution is 9.10. The second kappa shape index (κ2) is 6.51. The lowest BCUT2D eigenvalue weighted by Crippen LogP contribution is -2.14. The predicted octanol–water partition coefficient (Wildman–Crippen LogP) is 4.09. The van der Waals surface area contributed by atoms with E-state index >= 15 is 0 Å². The Morgan fingerprint density at radius 3 is 2.62 bits per heavy atom. The van der Waals surface area contributed by atoms with Gasteiger partial charge in [0.15, 0.2) is 5.78 Å². The van der Waals surface area contributed by atoms with Gasteiger partial charge in [-0.3, -0.25) is 4.79 Å². The van der Waals surface area contributed by atoms with Crippen LogP contribution in [0, 0.1) is 17.1 Å². The Labute approximate surface area is 130 Å². The molecule has 0 aliphatic rings. The van der Waals surface area contributed by atoms with Gasteiger partial charge in [0.2, 0.25) is 0 Å². The van der Waals surface area contributed by atoms with Crippen LogP contribution >= 0.6 is 15.9 Å². The van der Waals surface area contributed by atoms with Crippen molar-refractivity contribution < 1.29 is 13.9 Å². The van der Waals surface area contributed by atoms with Crippen molar-refractivity contribution in [3.8, 4) is 11.8 Å². The van der Waals surface area contributed by atoms with Gasteiger partial charge in [0, 0.05) is 4.47 Å². The number of methoxy groups -OCH3 is 1. The second-order valence-electron chi connectivity index (χ2n) is 4.26. The van der Waals surface area contributed by atoms with Gasteiger partial charge in [0.25, 0.3) is 0 Å². The van der Waals surface area contributed by atoms with E-state index in [4.69, 9.17) is 4.74 Å². The van der Waals surface area contributed by atoms with E-state index in [-0.39, 0.29) is 11.3 Å². The van der Waals surface area contributed by atoms with Crippen LogP contribution in [0.25, 0.3) is 0 Å². The summed E-state index contributed by atoms with van der Waals surface area (Å²) in [6.45, 7) is 0. The van der Waals surface area contributed by atoms with Crippen LogP contribution in [0.15, 0.2) is 46.9 Å². The summed E-state index contributed by atoms with van der Waals surface area (Å²) in [6, 6.07) is 12.9. The lowest BCUT2D eigenvalue weighted by atomic mass is 9.91. The molecule has 21 heavy (non-hydrogen) atoms. The molecule has 2 rings (SSSR count). The van der Waals surface area contributed by atoms with E-state index in [0.29, 0.717) is 10.0 Å². The third kappa shape index (κ3) is 2.96. The normalized spacial score (nSPS) is 11.5. The molecule has 0 aliphatic heterocycles. The maximum atomic E-state index is 14.0. The Balaban J connectivity index is 2.53. The predicted molar refractivity (Wildman–Crippen MR) is 79.8 cm³/mol. The summed E-state index contributed by atoms with van der Waals surface area (Å²) in [5, 5.41) is 9.34. The van der Waals surface area contributed by atoms with Crippen molar-refractivity contribution in [1.82, 2.24) is 0 Å². The minimum absolute atomic E-state index is 0.118. The fourth-order valence-electron chi connectivity index (χ4n) is 2.04. The molecular formula is C16H11BrFNO2. The number of carbonyl (C=O) groups is 1. The van der Waals surface area contributed by atoms with Gasteiger partial charge in [-0.2, -0.15) is 5.26 Å². The van der Waals surface area contributed by atoms with Crippen molar-refractivity contribution in [3.63, 3.8) is 0 Å². The molecule has 0 aromatic heterocycles. The Kier molecular flexibility index (Phi) is 4.71. The Hall–Kier alpha value is -2.19. The van der Waals surface area contributed by atoms with Gasteiger partial charge in [-0.05, 0) is 23.8 Å². The zero-order valence-electron chi connectivity index (χ0n) is 11.1. The van der Waals surface area contributed by atoms with Crippen molar-refractivity contribution in [2.75, 3.05) is 7.11 Å². The highest BCUT2D eigenvalue weighted by Gasteiger charge is 2.28. The first-order valence-corrected chi connectivity index (χ1v) is 6.90. The SMILES string of the molecule is COc1cccc(F)c1C(=O)C(C#N)c1ccccc1Br. The number of hydrogen-bond acceptors (Lipinski definition) is 3. The van der Waals surface area contributed by atoms with Crippen LogP contribution in [-0.4, -0.2) is 12.9 Å². The van der Waals surface area contributed by atoms with E-state index in [9.17, 15) is 14.4 Å². The van der Waals surface area contributed by atoms with Crippen LogP contribution < -0.4 is 4.74 Å². The fraction of sp³-hybridized carbons (Fsp3) is 0.125. The summed E-state index contributed by atoms with van der Waals surface area (Å²) < 4.78 is 19.6. The molecule has 0 aliphatic carbocycles. The zero-order valence-corrected chi connectivity index (χ0v) is 12.7. The van der Waals surface area contributed by atoms with Crippen LogP contribution in [0.3, 0.4) is 0 Å². The van der Waals surface area contributed by atoms with Gasteiger partial charge in [-0.25, -0.2) is 4.39 Å². The van der Waals surface area contributed by atoms with E-state index in [1.165, 1.54) is 25.3 Å². The first-order valence-electron chi connectivity index (χ1n) is 6.11. The summed E-state index contributed by atoms with van der Waals surface area (Å²) in [5.41, 5.74) is 0.289. The maximum Gasteiger partial charge on any atom is 0.191 e. The van der Waals surface area contributed by atoms with Crippen LogP contribution in [0.5, 0.6) is 5.75 Å². The number of halogens is 2. The van der Waals surface area contributed by atoms with Crippen LogP contribution in [0.1, 0.15) is 21.8 Å². The van der Waals surface area contributed by atoms with Gasteiger partial charge in [-0.1, -0.05) is 40.2 Å². The third-order valence-corrected chi connectivity index (χ3v) is 3.77. The molecule has 0 fully saturated rings. The molecule has 0 bridgehead atoms. The molecule has 3 nitrogen and oxygen atoms in total. The van der Waals surface area contributed by atoms with Gasteiger partial charge in [0.05, 0.1) is 18.7 Å². The van der Waals surface area contributed by atoms with Gasteiger partial charge in [0.1, 0.15) is 17.5 Å². The largest absolute Gasteiger partial charge is 0.496 e. The number of benzene rings is 2. The van der Waals surface area contributed by atoms with E-state index < -0.39 is 17.5 Å². The number of ketones is 1. The first-order chi connectivity index (χ1) is 10.1. The van der Waals surface area contributed by atoms with Crippen molar-refractivity contribution in [2.45, 2.75) is 5.92 Å². The Morgan fingerprint density at radius 1 is 1.29 bits per heavy atom. The zero-order chi connectivity index (χ0) is 15.4. The number of carbonyl (C=O) groups excluding carboxylic acids is 1. The highest BCUT2D eigenvalue weighted by atomic mass is 79.9. The van der Waals surface area contributed by atoms with Crippen LogP contribution in [0.4, 0.5) is 4.39 Å². The molecular weight excluding hydrogens is 337 g/mol. The standard InChI is InChI=1S/C16H11BrFNO2/c1-21-14-8-4-7-13(18)15(14)16(20)11(9-19)10-5-2-3-6-12(10)17/h2-8,11H,1H3. The molecule has 0 spiro atoms. The first kappa shape index (κ1) is 15.2. The minimum atomic E-state index is -1.11. The summed E-state index contributed by atoms with van der Waals surface area (Å²) >= 11 is 3.30. The number of rotatable bonds is 4. The van der Waals surface area contributed by atoms with Crippen molar-refractivity contribution in [1.29, 1.82) is 5.26 Å². The smallest absolute Gasteiger partial charge is 0.191 e. The molecule has 106 valence electrons. The van der Waals surface area contributed by atoms with Crippen molar-refractivity contribution in [3.05, 3.63) is 63.9 Å². The fourth-order valence-corrected chi connectivity index (χ4v) is 2.55. The molecule has 0 heterocycles.